The average Bonchev–Trinajstić information content (AvgIpc) is 3.19. The van der Waals surface area contributed by atoms with Crippen LogP contribution in [0.5, 0.6) is 0 Å². The topological polar surface area (TPSA) is 105 Å². The number of amides is 2. The van der Waals surface area contributed by atoms with Crippen LogP contribution < -0.4 is 10.6 Å². The average molecular weight is 477 g/mol. The van der Waals surface area contributed by atoms with Gasteiger partial charge >= 0.3 is 12.1 Å². The number of benzene rings is 2. The van der Waals surface area contributed by atoms with E-state index in [4.69, 9.17) is 4.74 Å². The fraction of sp³-hybridized carbons (Fsp3) is 0.393. The Morgan fingerprint density at radius 1 is 1.06 bits per heavy atom. The Hall–Kier alpha value is -3.61. The molecule has 0 saturated carbocycles. The molecule has 0 aliphatic heterocycles. The molecule has 0 fully saturated rings. The number of hydrogen-bond acceptors (Lipinski definition) is 4. The van der Waals surface area contributed by atoms with Crippen molar-refractivity contribution < 1.29 is 24.2 Å². The summed E-state index contributed by atoms with van der Waals surface area (Å²) in [5.74, 6) is -1.77. The zero-order valence-electron chi connectivity index (χ0n) is 19.9. The number of carboxylic acids is 1. The number of unbranched alkanes of at least 4 members (excludes halogenated alkanes) is 1. The fourth-order valence-electron chi connectivity index (χ4n) is 4.94. The number of hydrogen-bond donors (Lipinski definition) is 3. The summed E-state index contributed by atoms with van der Waals surface area (Å²) in [5, 5.41) is 14.9. The predicted molar refractivity (Wildman–Crippen MR) is 133 cm³/mol. The summed E-state index contributed by atoms with van der Waals surface area (Å²) in [6.07, 6.45) is 5.88. The van der Waals surface area contributed by atoms with Gasteiger partial charge in [-0.1, -0.05) is 80.4 Å². The Bertz CT molecular complexity index is 1070. The van der Waals surface area contributed by atoms with Crippen molar-refractivity contribution in [3.8, 4) is 11.1 Å². The molecule has 0 radical (unpaired) electrons. The molecule has 0 saturated heterocycles. The number of carboxylic acid groups (broad SMARTS) is 1. The maximum Gasteiger partial charge on any atom is 0.407 e. The number of allylic oxidation sites excluding steroid dienone is 1. The maximum absolute atomic E-state index is 13.0. The van der Waals surface area contributed by atoms with Crippen LogP contribution in [0.2, 0.25) is 0 Å². The molecule has 2 aliphatic carbocycles. The SMILES string of the molecule is CCCCC(NC(=O)OCC1c2ccccc2-c2ccccc21)C(=O)N[C@@H]1C=CC[C@@H](C(=O)O)C1. The minimum atomic E-state index is -0.868. The molecule has 3 N–H and O–H groups in total. The molecule has 0 heterocycles. The third-order valence-corrected chi connectivity index (χ3v) is 6.80. The summed E-state index contributed by atoms with van der Waals surface area (Å²) in [4.78, 5) is 37.0. The third-order valence-electron chi connectivity index (χ3n) is 6.80. The van der Waals surface area contributed by atoms with Crippen molar-refractivity contribution in [2.45, 2.75) is 57.0 Å². The van der Waals surface area contributed by atoms with Gasteiger partial charge < -0.3 is 20.5 Å². The summed E-state index contributed by atoms with van der Waals surface area (Å²) in [6, 6.07) is 15.1. The summed E-state index contributed by atoms with van der Waals surface area (Å²) in [5.41, 5.74) is 4.55. The van der Waals surface area contributed by atoms with Gasteiger partial charge in [0.15, 0.2) is 0 Å². The van der Waals surface area contributed by atoms with Crippen molar-refractivity contribution in [1.29, 1.82) is 0 Å². The van der Waals surface area contributed by atoms with E-state index in [-0.39, 0.29) is 24.5 Å². The van der Waals surface area contributed by atoms with E-state index in [1.165, 1.54) is 0 Å². The maximum atomic E-state index is 13.0. The summed E-state index contributed by atoms with van der Waals surface area (Å²) >= 11 is 0. The lowest BCUT2D eigenvalue weighted by atomic mass is 9.91. The van der Waals surface area contributed by atoms with Crippen LogP contribution in [0.15, 0.2) is 60.7 Å². The van der Waals surface area contributed by atoms with Gasteiger partial charge in [0.25, 0.3) is 0 Å². The quantitative estimate of drug-likeness (QED) is 0.458. The number of ether oxygens (including phenoxy) is 1. The van der Waals surface area contributed by atoms with Crippen LogP contribution in [0.1, 0.15) is 56.1 Å². The molecular formula is C28H32N2O5. The molecular weight excluding hydrogens is 444 g/mol. The molecule has 4 rings (SSSR count). The van der Waals surface area contributed by atoms with Crippen molar-refractivity contribution in [2.24, 2.45) is 5.92 Å². The van der Waals surface area contributed by atoms with Gasteiger partial charge in [-0.05, 0) is 41.5 Å². The van der Waals surface area contributed by atoms with Crippen molar-refractivity contribution in [1.82, 2.24) is 10.6 Å². The zero-order chi connectivity index (χ0) is 24.8. The molecule has 2 aromatic carbocycles. The van der Waals surface area contributed by atoms with Crippen LogP contribution >= 0.6 is 0 Å². The number of rotatable bonds is 9. The molecule has 1 unspecified atom stereocenters. The van der Waals surface area contributed by atoms with Crippen LogP contribution in [-0.2, 0) is 14.3 Å². The highest BCUT2D eigenvalue weighted by molar-refractivity contribution is 5.86. The molecule has 2 aliphatic rings. The van der Waals surface area contributed by atoms with E-state index >= 15 is 0 Å². The second-order valence-corrected chi connectivity index (χ2v) is 9.21. The molecule has 2 aromatic rings. The van der Waals surface area contributed by atoms with Gasteiger partial charge in [-0.3, -0.25) is 9.59 Å². The molecule has 184 valence electrons. The molecule has 0 spiro atoms. The largest absolute Gasteiger partial charge is 0.481 e. The van der Waals surface area contributed by atoms with Gasteiger partial charge in [0, 0.05) is 12.0 Å². The van der Waals surface area contributed by atoms with Crippen LogP contribution in [0.25, 0.3) is 11.1 Å². The van der Waals surface area contributed by atoms with Crippen LogP contribution in [0.4, 0.5) is 4.79 Å². The van der Waals surface area contributed by atoms with E-state index in [9.17, 15) is 19.5 Å². The zero-order valence-corrected chi connectivity index (χ0v) is 19.9. The van der Waals surface area contributed by atoms with E-state index in [1.54, 1.807) is 6.08 Å². The van der Waals surface area contributed by atoms with Gasteiger partial charge in [-0.15, -0.1) is 0 Å². The van der Waals surface area contributed by atoms with Crippen molar-refractivity contribution in [3.05, 3.63) is 71.8 Å². The van der Waals surface area contributed by atoms with Crippen molar-refractivity contribution in [2.75, 3.05) is 6.61 Å². The lowest BCUT2D eigenvalue weighted by Gasteiger charge is -2.25. The van der Waals surface area contributed by atoms with Crippen molar-refractivity contribution >= 4 is 18.0 Å². The van der Waals surface area contributed by atoms with Gasteiger partial charge in [-0.25, -0.2) is 4.79 Å². The Balaban J connectivity index is 1.37. The first-order valence-electron chi connectivity index (χ1n) is 12.3. The highest BCUT2D eigenvalue weighted by Gasteiger charge is 2.31. The number of fused-ring (bicyclic) bond motifs is 3. The number of alkyl carbamates (subject to hydrolysis) is 1. The van der Waals surface area contributed by atoms with E-state index in [0.717, 1.165) is 35.1 Å². The number of nitrogens with one attached hydrogen (secondary N) is 2. The van der Waals surface area contributed by atoms with Crippen LogP contribution in [0, 0.1) is 5.92 Å². The third kappa shape index (κ3) is 5.73. The monoisotopic (exact) mass is 476 g/mol. The Morgan fingerprint density at radius 2 is 1.71 bits per heavy atom. The predicted octanol–water partition coefficient (Wildman–Crippen LogP) is 4.62. The molecule has 7 nitrogen and oxygen atoms in total. The summed E-state index contributed by atoms with van der Waals surface area (Å²) in [7, 11) is 0. The normalized spacial score (nSPS) is 19.3. The van der Waals surface area contributed by atoms with E-state index in [2.05, 4.69) is 34.9 Å². The van der Waals surface area contributed by atoms with Gasteiger partial charge in [-0.2, -0.15) is 0 Å². The first-order chi connectivity index (χ1) is 17.0. The van der Waals surface area contributed by atoms with Gasteiger partial charge in [0.1, 0.15) is 12.6 Å². The number of carbonyl (C=O) groups is 3. The van der Waals surface area contributed by atoms with Gasteiger partial charge in [0.2, 0.25) is 5.91 Å². The second kappa shape index (κ2) is 11.2. The first kappa shape index (κ1) is 24.5. The van der Waals surface area contributed by atoms with E-state index in [1.807, 2.05) is 37.3 Å². The lowest BCUT2D eigenvalue weighted by molar-refractivity contribution is -0.142. The molecule has 35 heavy (non-hydrogen) atoms. The highest BCUT2D eigenvalue weighted by Crippen LogP contribution is 2.44. The van der Waals surface area contributed by atoms with Gasteiger partial charge in [0.05, 0.1) is 5.92 Å². The molecule has 7 heteroatoms. The number of aliphatic carboxylic acids is 1. The number of carbonyl (C=O) groups excluding carboxylic acids is 2. The Kier molecular flexibility index (Phi) is 7.85. The smallest absolute Gasteiger partial charge is 0.407 e. The minimum Gasteiger partial charge on any atom is -0.481 e. The Labute approximate surface area is 205 Å². The highest BCUT2D eigenvalue weighted by atomic mass is 16.5. The standard InChI is InChI=1S/C28H32N2O5/c1-2-3-15-25(26(31)29-19-10-8-9-18(16-19)27(32)33)30-28(34)35-17-24-22-13-6-4-11-20(22)21-12-5-7-14-23(21)24/h4-8,10-14,18-19,24-25H,2-3,9,15-17H2,1H3,(H,29,31)(H,30,34)(H,32,33)/t18-,19-,25?/m1/s1. The van der Waals surface area contributed by atoms with Crippen LogP contribution in [-0.4, -0.2) is 41.8 Å². The molecule has 0 aromatic heterocycles. The van der Waals surface area contributed by atoms with Crippen molar-refractivity contribution in [3.63, 3.8) is 0 Å². The van der Waals surface area contributed by atoms with E-state index in [0.29, 0.717) is 19.3 Å². The minimum absolute atomic E-state index is 0.0589. The van der Waals surface area contributed by atoms with Crippen LogP contribution in [0.3, 0.4) is 0 Å². The molecule has 0 bridgehead atoms. The first-order valence-corrected chi connectivity index (χ1v) is 12.3. The Morgan fingerprint density at radius 3 is 2.34 bits per heavy atom. The van der Waals surface area contributed by atoms with E-state index < -0.39 is 24.0 Å². The fourth-order valence-corrected chi connectivity index (χ4v) is 4.94. The second-order valence-electron chi connectivity index (χ2n) is 9.21. The lowest BCUT2D eigenvalue weighted by Crippen LogP contribution is -2.50. The summed E-state index contributed by atoms with van der Waals surface area (Å²) in [6.45, 7) is 2.19. The molecule has 3 atom stereocenters. The summed E-state index contributed by atoms with van der Waals surface area (Å²) < 4.78 is 5.62. The molecule has 2 amide bonds.